The molecule has 0 aliphatic carbocycles. The first-order chi connectivity index (χ1) is 12.5. The van der Waals surface area contributed by atoms with E-state index in [4.69, 9.17) is 20.8 Å². The van der Waals surface area contributed by atoms with Crippen LogP contribution >= 0.6 is 11.6 Å². The molecule has 1 heterocycles. The molecule has 0 fully saturated rings. The number of carbonyl (C=O) groups is 3. The fourth-order valence-corrected chi connectivity index (χ4v) is 1.89. The van der Waals surface area contributed by atoms with Crippen LogP contribution < -0.4 is 10.1 Å². The van der Waals surface area contributed by atoms with Crippen molar-refractivity contribution in [3.8, 4) is 5.75 Å². The molecule has 0 bridgehead atoms. The van der Waals surface area contributed by atoms with Crippen molar-refractivity contribution in [3.05, 3.63) is 53.4 Å². The van der Waals surface area contributed by atoms with E-state index in [1.54, 1.807) is 24.3 Å². The van der Waals surface area contributed by atoms with Crippen molar-refractivity contribution >= 4 is 59.2 Å². The fourth-order valence-electron chi connectivity index (χ4n) is 1.76. The molecule has 0 saturated heterocycles. The summed E-state index contributed by atoms with van der Waals surface area (Å²) in [5, 5.41) is 2.96. The first-order valence-corrected chi connectivity index (χ1v) is 8.00. The molecule has 0 unspecified atom stereocenters. The van der Waals surface area contributed by atoms with Gasteiger partial charge >= 0.3 is 47.6 Å². The molecular formula is C17H17ClNNaO7. The molecule has 140 valence electrons. The third kappa shape index (κ3) is 8.96. The van der Waals surface area contributed by atoms with Gasteiger partial charge in [0.1, 0.15) is 5.75 Å². The van der Waals surface area contributed by atoms with E-state index in [0.29, 0.717) is 17.2 Å². The molecule has 0 radical (unpaired) electrons. The summed E-state index contributed by atoms with van der Waals surface area (Å²) in [7, 11) is 0. The minimum absolute atomic E-state index is 0. The van der Waals surface area contributed by atoms with E-state index in [9.17, 15) is 14.4 Å². The molecule has 1 amide bonds. The van der Waals surface area contributed by atoms with Gasteiger partial charge in [-0.1, -0.05) is 11.6 Å². The van der Waals surface area contributed by atoms with Crippen LogP contribution in [0.4, 0.5) is 4.79 Å². The topological polar surface area (TPSA) is 104 Å². The zero-order valence-corrected chi connectivity index (χ0v) is 14.4. The van der Waals surface area contributed by atoms with Crippen molar-refractivity contribution in [2.75, 3.05) is 13.3 Å². The fraction of sp³-hybridized carbons (Fsp3) is 0.235. The number of furan rings is 1. The van der Waals surface area contributed by atoms with Crippen molar-refractivity contribution < 1.29 is 33.0 Å². The summed E-state index contributed by atoms with van der Waals surface area (Å²) < 4.78 is 19.3. The zero-order valence-electron chi connectivity index (χ0n) is 13.6. The molecule has 0 spiro atoms. The average Bonchev–Trinajstić information content (AvgIpc) is 3.15. The Kier molecular flexibility index (Phi) is 10.6. The van der Waals surface area contributed by atoms with Gasteiger partial charge in [-0.2, -0.15) is 0 Å². The maximum atomic E-state index is 11.6. The van der Waals surface area contributed by atoms with E-state index < -0.39 is 24.8 Å². The van der Waals surface area contributed by atoms with E-state index in [-0.39, 0.29) is 48.3 Å². The van der Waals surface area contributed by atoms with Gasteiger partial charge in [-0.05, 0) is 42.8 Å². The van der Waals surface area contributed by atoms with E-state index >= 15 is 0 Å². The van der Waals surface area contributed by atoms with Gasteiger partial charge in [0.2, 0.25) is 12.6 Å². The molecule has 10 heteroatoms. The standard InChI is InChI=1S/C17H16ClNO7.Na.H/c18-12-5-7-13(8-6-12)26-15(20)4-1-9-19-17(22)25-11-24-16(21)14-3-2-10-23-14;;/h2-3,5-8,10H,1,4,9,11H2,(H,19,22);;. The van der Waals surface area contributed by atoms with Gasteiger partial charge in [0.25, 0.3) is 0 Å². The number of rotatable bonds is 8. The first kappa shape index (κ1) is 23.0. The summed E-state index contributed by atoms with van der Waals surface area (Å²) in [5.74, 6) is -0.777. The number of esters is 2. The Morgan fingerprint density at radius 1 is 1.07 bits per heavy atom. The number of benzene rings is 1. The summed E-state index contributed by atoms with van der Waals surface area (Å²) in [5.41, 5.74) is 0. The van der Waals surface area contributed by atoms with Crippen molar-refractivity contribution in [1.29, 1.82) is 0 Å². The molecule has 0 aliphatic heterocycles. The van der Waals surface area contributed by atoms with Gasteiger partial charge in [-0.15, -0.1) is 0 Å². The summed E-state index contributed by atoms with van der Waals surface area (Å²) in [4.78, 5) is 34.4. The van der Waals surface area contributed by atoms with E-state index in [2.05, 4.69) is 14.8 Å². The molecule has 27 heavy (non-hydrogen) atoms. The molecule has 0 atom stereocenters. The molecule has 1 aromatic carbocycles. The Labute approximate surface area is 182 Å². The zero-order chi connectivity index (χ0) is 18.8. The number of alkyl carbamates (subject to hydrolysis) is 1. The molecule has 0 saturated carbocycles. The normalized spacial score (nSPS) is 9.67. The van der Waals surface area contributed by atoms with E-state index in [1.807, 2.05) is 0 Å². The summed E-state index contributed by atoms with van der Waals surface area (Å²) in [6.07, 6.45) is 1.01. The van der Waals surface area contributed by atoms with Crippen LogP contribution in [0, 0.1) is 0 Å². The van der Waals surface area contributed by atoms with Gasteiger partial charge in [-0.25, -0.2) is 9.59 Å². The molecule has 2 rings (SSSR count). The number of ether oxygens (including phenoxy) is 3. The average molecular weight is 406 g/mol. The van der Waals surface area contributed by atoms with Crippen LogP contribution in [0.3, 0.4) is 0 Å². The van der Waals surface area contributed by atoms with Gasteiger partial charge < -0.3 is 23.9 Å². The minimum atomic E-state index is -0.775. The van der Waals surface area contributed by atoms with Crippen molar-refractivity contribution in [2.45, 2.75) is 12.8 Å². The van der Waals surface area contributed by atoms with E-state index in [0.717, 1.165) is 0 Å². The van der Waals surface area contributed by atoms with Crippen LogP contribution in [0.15, 0.2) is 47.1 Å². The quantitative estimate of drug-likeness (QED) is 0.236. The molecule has 2 aromatic rings. The van der Waals surface area contributed by atoms with Crippen LogP contribution in [0.25, 0.3) is 0 Å². The van der Waals surface area contributed by atoms with Crippen LogP contribution in [0.2, 0.25) is 5.02 Å². The Morgan fingerprint density at radius 2 is 1.81 bits per heavy atom. The van der Waals surface area contributed by atoms with Gasteiger partial charge in [0.15, 0.2) is 0 Å². The second-order valence-corrected chi connectivity index (χ2v) is 5.35. The number of hydrogen-bond donors (Lipinski definition) is 1. The SMILES string of the molecule is O=C(CCCNC(=O)OCOC(=O)c1ccco1)Oc1ccc(Cl)cc1.[NaH]. The maximum absolute atomic E-state index is 11.6. The predicted molar refractivity (Wildman–Crippen MR) is 96.9 cm³/mol. The molecule has 1 N–H and O–H groups in total. The number of hydrogen-bond acceptors (Lipinski definition) is 7. The van der Waals surface area contributed by atoms with E-state index in [1.165, 1.54) is 18.4 Å². The number of amides is 1. The summed E-state index contributed by atoms with van der Waals surface area (Å²) >= 11 is 5.73. The Balaban J connectivity index is 0.00000364. The Morgan fingerprint density at radius 3 is 2.48 bits per heavy atom. The number of carbonyl (C=O) groups excluding carboxylic acids is 3. The van der Waals surface area contributed by atoms with Gasteiger partial charge in [-0.3, -0.25) is 4.79 Å². The Bertz CT molecular complexity index is 734. The monoisotopic (exact) mass is 405 g/mol. The second kappa shape index (κ2) is 12.4. The molecule has 1 aromatic heterocycles. The molecule has 0 aliphatic rings. The predicted octanol–water partition coefficient (Wildman–Crippen LogP) is 2.51. The second-order valence-electron chi connectivity index (χ2n) is 4.92. The molecular weight excluding hydrogens is 389 g/mol. The van der Waals surface area contributed by atoms with Crippen LogP contribution in [0.1, 0.15) is 23.4 Å². The molecule has 8 nitrogen and oxygen atoms in total. The van der Waals surface area contributed by atoms with Gasteiger partial charge in [0, 0.05) is 18.0 Å². The third-order valence-electron chi connectivity index (χ3n) is 2.97. The van der Waals surface area contributed by atoms with Crippen LogP contribution in [0.5, 0.6) is 5.75 Å². The third-order valence-corrected chi connectivity index (χ3v) is 3.23. The van der Waals surface area contributed by atoms with Crippen LogP contribution in [-0.2, 0) is 14.3 Å². The van der Waals surface area contributed by atoms with Crippen LogP contribution in [-0.4, -0.2) is 60.9 Å². The van der Waals surface area contributed by atoms with Crippen molar-refractivity contribution in [3.63, 3.8) is 0 Å². The van der Waals surface area contributed by atoms with Gasteiger partial charge in [0.05, 0.1) is 6.26 Å². The summed E-state index contributed by atoms with van der Waals surface area (Å²) in [6.45, 7) is -0.356. The van der Waals surface area contributed by atoms with Crippen molar-refractivity contribution in [2.24, 2.45) is 0 Å². The summed E-state index contributed by atoms with van der Waals surface area (Å²) in [6, 6.07) is 9.34. The van der Waals surface area contributed by atoms with Crippen molar-refractivity contribution in [1.82, 2.24) is 5.32 Å². The Hall–Kier alpha value is -2.00. The first-order valence-electron chi connectivity index (χ1n) is 7.62. The number of nitrogens with one attached hydrogen (secondary N) is 1. The number of halogens is 1.